The van der Waals surface area contributed by atoms with Crippen molar-refractivity contribution in [3.8, 4) is 22.8 Å². The summed E-state index contributed by atoms with van der Waals surface area (Å²) < 4.78 is 15.9. The Morgan fingerprint density at radius 2 is 1.89 bits per heavy atom. The third-order valence-electron chi connectivity index (χ3n) is 6.57. The number of pyridine rings is 3. The summed E-state index contributed by atoms with van der Waals surface area (Å²) in [5.41, 5.74) is 4.57. The number of hydrogen-bond donors (Lipinski definition) is 4. The molecule has 0 saturated carbocycles. The van der Waals surface area contributed by atoms with Gasteiger partial charge < -0.3 is 20.3 Å². The standard InChI is InChI=1S/C25H26FN9O/c1-2-19(36)30-15-8-14(9-27-10-15)22-21(26)20-16(12-29-22)33-34-24(20)25-31-17-11-28-13-18(23(17)32-25)35-6-4-3-5-7-35/h8-13,19,30,36H,2-7H2,1H3,(H,31,32)(H,33,34). The van der Waals surface area contributed by atoms with Crippen LogP contribution in [0.5, 0.6) is 0 Å². The van der Waals surface area contributed by atoms with Gasteiger partial charge in [-0.25, -0.2) is 9.37 Å². The number of hydrogen-bond acceptors (Lipinski definition) is 8. The second-order valence-electron chi connectivity index (χ2n) is 9.00. The topological polar surface area (TPSA) is 132 Å². The fourth-order valence-electron chi connectivity index (χ4n) is 4.69. The molecule has 1 atom stereocenters. The SMILES string of the molecule is CCC(O)Nc1cncc(-c2ncc3[nH]nc(-c4nc5c(N6CCCCC6)cncc5[nH]4)c3c2F)c1. The molecule has 0 radical (unpaired) electrons. The van der Waals surface area contributed by atoms with Crippen molar-refractivity contribution < 1.29 is 9.50 Å². The maximum Gasteiger partial charge on any atom is 0.161 e. The van der Waals surface area contributed by atoms with Gasteiger partial charge >= 0.3 is 0 Å². The number of rotatable bonds is 6. The van der Waals surface area contributed by atoms with E-state index in [9.17, 15) is 5.11 Å². The molecule has 1 fully saturated rings. The molecule has 6 rings (SSSR count). The van der Waals surface area contributed by atoms with E-state index in [-0.39, 0.29) is 5.69 Å². The van der Waals surface area contributed by atoms with Crippen molar-refractivity contribution in [2.45, 2.75) is 38.8 Å². The molecule has 4 N–H and O–H groups in total. The minimum absolute atomic E-state index is 0.138. The van der Waals surface area contributed by atoms with Crippen molar-refractivity contribution in [1.82, 2.24) is 35.1 Å². The van der Waals surface area contributed by atoms with E-state index in [0.29, 0.717) is 40.1 Å². The van der Waals surface area contributed by atoms with Gasteiger partial charge in [-0.15, -0.1) is 0 Å². The number of nitrogens with zero attached hydrogens (tertiary/aromatic N) is 6. The second-order valence-corrected chi connectivity index (χ2v) is 9.00. The molecule has 0 bridgehead atoms. The van der Waals surface area contributed by atoms with Crippen molar-refractivity contribution in [2.24, 2.45) is 0 Å². The van der Waals surface area contributed by atoms with Crippen LogP contribution >= 0.6 is 0 Å². The average molecular weight is 488 g/mol. The summed E-state index contributed by atoms with van der Waals surface area (Å²) in [6.45, 7) is 3.79. The van der Waals surface area contributed by atoms with Gasteiger partial charge in [0.05, 0.1) is 52.6 Å². The van der Waals surface area contributed by atoms with Crippen LogP contribution in [0.15, 0.2) is 37.1 Å². The van der Waals surface area contributed by atoms with E-state index in [4.69, 9.17) is 4.98 Å². The van der Waals surface area contributed by atoms with Crippen LogP contribution in [0.1, 0.15) is 32.6 Å². The van der Waals surface area contributed by atoms with Gasteiger partial charge in [-0.2, -0.15) is 5.10 Å². The van der Waals surface area contributed by atoms with Crippen molar-refractivity contribution >= 4 is 33.3 Å². The number of H-pyrrole nitrogens is 2. The molecule has 1 saturated heterocycles. The van der Waals surface area contributed by atoms with E-state index in [1.54, 1.807) is 24.7 Å². The van der Waals surface area contributed by atoms with Gasteiger partial charge in [0, 0.05) is 24.8 Å². The average Bonchev–Trinajstić information content (AvgIpc) is 3.54. The molecular formula is C25H26FN9O. The highest BCUT2D eigenvalue weighted by Gasteiger charge is 2.22. The minimum Gasteiger partial charge on any atom is -0.374 e. The second kappa shape index (κ2) is 9.15. The smallest absolute Gasteiger partial charge is 0.161 e. The number of aliphatic hydroxyl groups is 1. The molecule has 1 unspecified atom stereocenters. The number of imidazole rings is 1. The van der Waals surface area contributed by atoms with E-state index in [2.05, 4.69) is 40.3 Å². The quantitative estimate of drug-likeness (QED) is 0.262. The van der Waals surface area contributed by atoms with Gasteiger partial charge in [0.2, 0.25) is 0 Å². The Balaban J connectivity index is 1.43. The molecule has 11 heteroatoms. The molecule has 36 heavy (non-hydrogen) atoms. The van der Waals surface area contributed by atoms with E-state index in [1.807, 2.05) is 13.1 Å². The van der Waals surface area contributed by atoms with E-state index >= 15 is 4.39 Å². The predicted octanol–water partition coefficient (Wildman–Crippen LogP) is 4.23. The molecule has 184 valence electrons. The van der Waals surface area contributed by atoms with Crippen LogP contribution in [0.4, 0.5) is 15.8 Å². The Morgan fingerprint density at radius 3 is 2.72 bits per heavy atom. The molecule has 1 aliphatic heterocycles. The Bertz CT molecular complexity index is 1540. The number of anilines is 2. The Morgan fingerprint density at radius 1 is 1.06 bits per heavy atom. The molecule has 10 nitrogen and oxygen atoms in total. The van der Waals surface area contributed by atoms with Crippen molar-refractivity contribution in [3.05, 3.63) is 42.9 Å². The van der Waals surface area contributed by atoms with Gasteiger partial charge in [0.25, 0.3) is 0 Å². The summed E-state index contributed by atoms with van der Waals surface area (Å²) in [7, 11) is 0. The number of nitrogens with one attached hydrogen (secondary N) is 3. The van der Waals surface area contributed by atoms with E-state index < -0.39 is 12.0 Å². The number of aliphatic hydroxyl groups excluding tert-OH is 1. The van der Waals surface area contributed by atoms with Crippen molar-refractivity contribution in [3.63, 3.8) is 0 Å². The number of aromatic nitrogens is 7. The maximum atomic E-state index is 15.9. The highest BCUT2D eigenvalue weighted by molar-refractivity contribution is 5.97. The number of halogens is 1. The zero-order chi connectivity index (χ0) is 24.6. The maximum absolute atomic E-state index is 15.9. The van der Waals surface area contributed by atoms with E-state index in [1.165, 1.54) is 12.6 Å². The summed E-state index contributed by atoms with van der Waals surface area (Å²) >= 11 is 0. The lowest BCUT2D eigenvalue weighted by Gasteiger charge is -2.28. The van der Waals surface area contributed by atoms with Crippen LogP contribution in [-0.4, -0.2) is 59.5 Å². The third-order valence-corrected chi connectivity index (χ3v) is 6.57. The first-order valence-corrected chi connectivity index (χ1v) is 12.1. The lowest BCUT2D eigenvalue weighted by atomic mass is 10.1. The first-order valence-electron chi connectivity index (χ1n) is 12.1. The molecule has 0 aromatic carbocycles. The van der Waals surface area contributed by atoms with Gasteiger partial charge in [-0.1, -0.05) is 6.92 Å². The zero-order valence-electron chi connectivity index (χ0n) is 19.8. The Labute approximate surface area is 206 Å². The Kier molecular flexibility index (Phi) is 5.68. The molecular weight excluding hydrogens is 461 g/mol. The van der Waals surface area contributed by atoms with Crippen LogP contribution in [0.25, 0.3) is 44.7 Å². The van der Waals surface area contributed by atoms with E-state index in [0.717, 1.165) is 42.7 Å². The summed E-state index contributed by atoms with van der Waals surface area (Å²) in [6.07, 6.45) is 11.5. The van der Waals surface area contributed by atoms with Crippen LogP contribution in [-0.2, 0) is 0 Å². The molecule has 5 aromatic rings. The minimum atomic E-state index is -0.722. The number of piperidine rings is 1. The lowest BCUT2D eigenvalue weighted by molar-refractivity contribution is 0.199. The van der Waals surface area contributed by atoms with Gasteiger partial charge in [-0.3, -0.25) is 20.1 Å². The van der Waals surface area contributed by atoms with Gasteiger partial charge in [0.1, 0.15) is 23.1 Å². The highest BCUT2D eigenvalue weighted by Crippen LogP contribution is 2.34. The van der Waals surface area contributed by atoms with Crippen molar-refractivity contribution in [2.75, 3.05) is 23.3 Å². The molecule has 6 heterocycles. The molecule has 1 aliphatic rings. The fourth-order valence-corrected chi connectivity index (χ4v) is 4.69. The van der Waals surface area contributed by atoms with Gasteiger partial charge in [-0.05, 0) is 31.7 Å². The summed E-state index contributed by atoms with van der Waals surface area (Å²) in [5.74, 6) is -0.0701. The van der Waals surface area contributed by atoms with Crippen molar-refractivity contribution in [1.29, 1.82) is 0 Å². The number of aromatic amines is 2. The lowest BCUT2D eigenvalue weighted by Crippen LogP contribution is -2.29. The first-order chi connectivity index (χ1) is 17.6. The third kappa shape index (κ3) is 3.91. The summed E-state index contributed by atoms with van der Waals surface area (Å²) in [6, 6.07) is 1.71. The Hall–Kier alpha value is -4.12. The molecule has 5 aromatic heterocycles. The summed E-state index contributed by atoms with van der Waals surface area (Å²) in [5, 5.41) is 20.4. The fraction of sp³-hybridized carbons (Fsp3) is 0.320. The highest BCUT2D eigenvalue weighted by atomic mass is 19.1. The van der Waals surface area contributed by atoms with Crippen LogP contribution in [0.3, 0.4) is 0 Å². The predicted molar refractivity (Wildman–Crippen MR) is 136 cm³/mol. The van der Waals surface area contributed by atoms with Crippen LogP contribution < -0.4 is 10.2 Å². The van der Waals surface area contributed by atoms with Gasteiger partial charge in [0.15, 0.2) is 11.6 Å². The number of fused-ring (bicyclic) bond motifs is 2. The molecule has 0 amide bonds. The van der Waals surface area contributed by atoms with Crippen LogP contribution in [0.2, 0.25) is 0 Å². The summed E-state index contributed by atoms with van der Waals surface area (Å²) in [4.78, 5) is 23.3. The largest absolute Gasteiger partial charge is 0.374 e. The zero-order valence-corrected chi connectivity index (χ0v) is 19.8. The molecule has 0 spiro atoms. The monoisotopic (exact) mass is 487 g/mol. The first kappa shape index (κ1) is 22.4. The van der Waals surface area contributed by atoms with Crippen LogP contribution in [0, 0.1) is 5.82 Å². The normalized spacial score (nSPS) is 15.0. The molecule has 0 aliphatic carbocycles.